The maximum Gasteiger partial charge on any atom is 0.210 e. The molecule has 0 saturated heterocycles. The van der Waals surface area contributed by atoms with Crippen molar-refractivity contribution in [3.63, 3.8) is 0 Å². The lowest BCUT2D eigenvalue weighted by Gasteiger charge is -2.27. The summed E-state index contributed by atoms with van der Waals surface area (Å²) in [6, 6.07) is 16.8. The molecule has 2 aromatic carbocycles. The molecule has 0 aliphatic carbocycles. The van der Waals surface area contributed by atoms with Crippen LogP contribution >= 0.6 is 0 Å². The molecular formula is C16H15NO. The van der Waals surface area contributed by atoms with Crippen LogP contribution < -0.4 is 0 Å². The van der Waals surface area contributed by atoms with E-state index >= 15 is 0 Å². The second kappa shape index (κ2) is 4.65. The van der Waals surface area contributed by atoms with Gasteiger partial charge in [-0.1, -0.05) is 48.5 Å². The molecular weight excluding hydrogens is 222 g/mol. The molecule has 0 atom stereocenters. The number of rotatable bonds is 2. The molecule has 0 spiro atoms. The molecule has 0 aromatic heterocycles. The Morgan fingerprint density at radius 2 is 1.83 bits per heavy atom. The number of hydrogen-bond donors (Lipinski definition) is 0. The van der Waals surface area contributed by atoms with Crippen LogP contribution in [0.5, 0.6) is 0 Å². The molecule has 1 aliphatic heterocycles. The van der Waals surface area contributed by atoms with Crippen molar-refractivity contribution in [3.8, 4) is 11.1 Å². The highest BCUT2D eigenvalue weighted by Crippen LogP contribution is 2.29. The van der Waals surface area contributed by atoms with E-state index in [1.807, 2.05) is 11.0 Å². The number of carbonyl (C=O) groups is 1. The number of fused-ring (bicyclic) bond motifs is 1. The summed E-state index contributed by atoms with van der Waals surface area (Å²) in [5, 5.41) is 0. The van der Waals surface area contributed by atoms with Crippen molar-refractivity contribution in [2.45, 2.75) is 13.0 Å². The first-order valence-electron chi connectivity index (χ1n) is 6.24. The predicted octanol–water partition coefficient (Wildman–Crippen LogP) is 2.87. The van der Waals surface area contributed by atoms with Crippen LogP contribution in [0.15, 0.2) is 48.5 Å². The molecule has 0 saturated carbocycles. The lowest BCUT2D eigenvalue weighted by atomic mass is 9.91. The second-order valence-corrected chi connectivity index (χ2v) is 4.64. The van der Waals surface area contributed by atoms with Crippen molar-refractivity contribution in [1.82, 2.24) is 4.90 Å². The third-order valence-corrected chi connectivity index (χ3v) is 3.53. The standard InChI is InChI=1S/C16H15NO/c18-12-17-10-9-16-14(11-17)7-4-8-15(16)13-5-2-1-3-6-13/h1-8,12H,9-11H2. The van der Waals surface area contributed by atoms with Gasteiger partial charge in [-0.2, -0.15) is 0 Å². The number of carbonyl (C=O) groups excluding carboxylic acids is 1. The summed E-state index contributed by atoms with van der Waals surface area (Å²) >= 11 is 0. The van der Waals surface area contributed by atoms with Crippen LogP contribution in [0.4, 0.5) is 0 Å². The molecule has 2 aromatic rings. The van der Waals surface area contributed by atoms with Crippen molar-refractivity contribution < 1.29 is 4.79 Å². The quantitative estimate of drug-likeness (QED) is 0.735. The first-order valence-corrected chi connectivity index (χ1v) is 6.24. The molecule has 0 radical (unpaired) electrons. The van der Waals surface area contributed by atoms with Crippen LogP contribution in [0.3, 0.4) is 0 Å². The molecule has 2 heteroatoms. The van der Waals surface area contributed by atoms with E-state index in [0.717, 1.165) is 25.9 Å². The molecule has 1 amide bonds. The summed E-state index contributed by atoms with van der Waals surface area (Å²) in [6.07, 6.45) is 1.89. The SMILES string of the molecule is O=CN1CCc2c(cccc2-c2ccccc2)C1. The minimum Gasteiger partial charge on any atom is -0.341 e. The summed E-state index contributed by atoms with van der Waals surface area (Å²) in [5.41, 5.74) is 5.23. The van der Waals surface area contributed by atoms with Crippen LogP contribution in [0, 0.1) is 0 Å². The van der Waals surface area contributed by atoms with E-state index < -0.39 is 0 Å². The van der Waals surface area contributed by atoms with Crippen LogP contribution in [-0.4, -0.2) is 17.9 Å². The molecule has 18 heavy (non-hydrogen) atoms. The summed E-state index contributed by atoms with van der Waals surface area (Å²) in [5.74, 6) is 0. The fourth-order valence-electron chi connectivity index (χ4n) is 2.61. The topological polar surface area (TPSA) is 20.3 Å². The average molecular weight is 237 g/mol. The van der Waals surface area contributed by atoms with Gasteiger partial charge >= 0.3 is 0 Å². The van der Waals surface area contributed by atoms with Gasteiger partial charge in [-0.3, -0.25) is 4.79 Å². The highest BCUT2D eigenvalue weighted by Gasteiger charge is 2.17. The van der Waals surface area contributed by atoms with Crippen molar-refractivity contribution in [3.05, 3.63) is 59.7 Å². The second-order valence-electron chi connectivity index (χ2n) is 4.64. The molecule has 3 rings (SSSR count). The van der Waals surface area contributed by atoms with Gasteiger partial charge in [0.2, 0.25) is 6.41 Å². The minimum absolute atomic E-state index is 0.736. The number of nitrogens with zero attached hydrogens (tertiary/aromatic N) is 1. The van der Waals surface area contributed by atoms with Crippen LogP contribution in [-0.2, 0) is 17.8 Å². The van der Waals surface area contributed by atoms with Gasteiger partial charge in [0.1, 0.15) is 0 Å². The maximum atomic E-state index is 10.9. The first kappa shape index (κ1) is 11.0. The predicted molar refractivity (Wildman–Crippen MR) is 72.1 cm³/mol. The molecule has 1 heterocycles. The normalized spacial score (nSPS) is 14.1. The monoisotopic (exact) mass is 237 g/mol. The van der Waals surface area contributed by atoms with E-state index in [1.54, 1.807) is 0 Å². The van der Waals surface area contributed by atoms with Gasteiger partial charge in [-0.25, -0.2) is 0 Å². The summed E-state index contributed by atoms with van der Waals surface area (Å²) in [7, 11) is 0. The zero-order valence-electron chi connectivity index (χ0n) is 10.2. The molecule has 0 bridgehead atoms. The first-order chi connectivity index (χ1) is 8.88. The van der Waals surface area contributed by atoms with Gasteiger partial charge in [0.25, 0.3) is 0 Å². The smallest absolute Gasteiger partial charge is 0.210 e. The molecule has 2 nitrogen and oxygen atoms in total. The molecule has 0 fully saturated rings. The van der Waals surface area contributed by atoms with Crippen molar-refractivity contribution in [2.24, 2.45) is 0 Å². The van der Waals surface area contributed by atoms with E-state index in [-0.39, 0.29) is 0 Å². The molecule has 0 unspecified atom stereocenters. The zero-order valence-corrected chi connectivity index (χ0v) is 10.2. The largest absolute Gasteiger partial charge is 0.341 e. The van der Waals surface area contributed by atoms with Gasteiger partial charge in [0.05, 0.1) is 0 Å². The number of benzene rings is 2. The Morgan fingerprint density at radius 3 is 2.61 bits per heavy atom. The Hall–Kier alpha value is -2.09. The van der Waals surface area contributed by atoms with Gasteiger partial charge < -0.3 is 4.90 Å². The van der Waals surface area contributed by atoms with Crippen LogP contribution in [0.2, 0.25) is 0 Å². The lowest BCUT2D eigenvalue weighted by molar-refractivity contribution is -0.118. The Balaban J connectivity index is 2.06. The van der Waals surface area contributed by atoms with Gasteiger partial charge in [-0.15, -0.1) is 0 Å². The van der Waals surface area contributed by atoms with Gasteiger partial charge in [-0.05, 0) is 28.7 Å². The Labute approximate surface area is 107 Å². The van der Waals surface area contributed by atoms with Crippen molar-refractivity contribution in [1.29, 1.82) is 0 Å². The Morgan fingerprint density at radius 1 is 1.00 bits per heavy atom. The fraction of sp³-hybridized carbons (Fsp3) is 0.188. The molecule has 1 aliphatic rings. The minimum atomic E-state index is 0.736. The zero-order chi connectivity index (χ0) is 12.4. The summed E-state index contributed by atoms with van der Waals surface area (Å²) < 4.78 is 0. The van der Waals surface area contributed by atoms with Crippen molar-refractivity contribution in [2.75, 3.05) is 6.54 Å². The van der Waals surface area contributed by atoms with E-state index in [0.29, 0.717) is 0 Å². The Kier molecular flexibility index (Phi) is 2.85. The fourth-order valence-corrected chi connectivity index (χ4v) is 2.61. The molecule has 0 N–H and O–H groups in total. The van der Waals surface area contributed by atoms with Crippen molar-refractivity contribution >= 4 is 6.41 Å². The van der Waals surface area contributed by atoms with Gasteiger partial charge in [0, 0.05) is 13.1 Å². The highest BCUT2D eigenvalue weighted by atomic mass is 16.1. The average Bonchev–Trinajstić information content (AvgIpc) is 2.47. The summed E-state index contributed by atoms with van der Waals surface area (Å²) in [6.45, 7) is 1.56. The number of amides is 1. The summed E-state index contributed by atoms with van der Waals surface area (Å²) in [4.78, 5) is 12.7. The van der Waals surface area contributed by atoms with E-state index in [1.165, 1.54) is 22.3 Å². The van der Waals surface area contributed by atoms with E-state index in [9.17, 15) is 4.79 Å². The molecule has 90 valence electrons. The Bertz CT molecular complexity index is 563. The maximum absolute atomic E-state index is 10.9. The highest BCUT2D eigenvalue weighted by molar-refractivity contribution is 5.69. The third-order valence-electron chi connectivity index (χ3n) is 3.53. The van der Waals surface area contributed by atoms with Crippen LogP contribution in [0.1, 0.15) is 11.1 Å². The van der Waals surface area contributed by atoms with E-state index in [2.05, 4.69) is 42.5 Å². The van der Waals surface area contributed by atoms with Crippen LogP contribution in [0.25, 0.3) is 11.1 Å². The van der Waals surface area contributed by atoms with Gasteiger partial charge in [0.15, 0.2) is 0 Å². The van der Waals surface area contributed by atoms with E-state index in [4.69, 9.17) is 0 Å². The lowest BCUT2D eigenvalue weighted by Crippen LogP contribution is -2.29. The number of hydrogen-bond acceptors (Lipinski definition) is 1. The third kappa shape index (κ3) is 1.90.